The van der Waals surface area contributed by atoms with E-state index in [4.69, 9.17) is 22.7 Å². The summed E-state index contributed by atoms with van der Waals surface area (Å²) in [5.74, 6) is 0.0788. The van der Waals surface area contributed by atoms with Gasteiger partial charge in [-0.15, -0.1) is 0 Å². The van der Waals surface area contributed by atoms with Gasteiger partial charge in [0.25, 0.3) is 0 Å². The minimum atomic E-state index is -0.680. The highest BCUT2D eigenvalue weighted by molar-refractivity contribution is 7.80. The number of hydrogen-bond donors (Lipinski definition) is 1. The third-order valence-electron chi connectivity index (χ3n) is 4.05. The molecular formula is C13H24N2O2S. The number of ether oxygens (including phenoxy) is 1. The van der Waals surface area contributed by atoms with Gasteiger partial charge in [0.15, 0.2) is 0 Å². The highest BCUT2D eigenvalue weighted by atomic mass is 32.1. The van der Waals surface area contributed by atoms with Gasteiger partial charge in [0, 0.05) is 6.54 Å². The first kappa shape index (κ1) is 15.4. The van der Waals surface area contributed by atoms with Crippen molar-refractivity contribution in [2.24, 2.45) is 11.1 Å². The Balaban J connectivity index is 2.98. The van der Waals surface area contributed by atoms with E-state index >= 15 is 0 Å². The molecule has 1 amide bonds. The van der Waals surface area contributed by atoms with Gasteiger partial charge >= 0.3 is 0 Å². The summed E-state index contributed by atoms with van der Waals surface area (Å²) >= 11 is 5.15. The molecule has 1 heterocycles. The second-order valence-corrected chi connectivity index (χ2v) is 5.23. The molecule has 4 nitrogen and oxygen atoms in total. The molecule has 0 radical (unpaired) electrons. The summed E-state index contributed by atoms with van der Waals surface area (Å²) in [5, 5.41) is 0. The van der Waals surface area contributed by atoms with Gasteiger partial charge in [0.05, 0.1) is 29.7 Å². The number of hydrogen-bond acceptors (Lipinski definition) is 3. The molecule has 1 aliphatic rings. The zero-order chi connectivity index (χ0) is 13.8. The van der Waals surface area contributed by atoms with Crippen molar-refractivity contribution in [3.05, 3.63) is 0 Å². The maximum atomic E-state index is 12.8. The van der Waals surface area contributed by atoms with Crippen molar-refractivity contribution in [2.45, 2.75) is 46.1 Å². The summed E-state index contributed by atoms with van der Waals surface area (Å²) in [4.78, 5) is 15.0. The van der Waals surface area contributed by atoms with Crippen molar-refractivity contribution in [2.75, 3.05) is 19.8 Å². The maximum Gasteiger partial charge on any atom is 0.236 e. The molecule has 1 saturated heterocycles. The van der Waals surface area contributed by atoms with Crippen LogP contribution in [0.5, 0.6) is 0 Å². The lowest BCUT2D eigenvalue weighted by Crippen LogP contribution is -2.56. The van der Waals surface area contributed by atoms with Gasteiger partial charge in [0.1, 0.15) is 0 Å². The van der Waals surface area contributed by atoms with Crippen LogP contribution in [0.25, 0.3) is 0 Å². The molecule has 0 aromatic rings. The average Bonchev–Trinajstić information content (AvgIpc) is 2.40. The van der Waals surface area contributed by atoms with Gasteiger partial charge in [0.2, 0.25) is 5.91 Å². The summed E-state index contributed by atoms with van der Waals surface area (Å²) in [6.07, 6.45) is 2.21. The van der Waals surface area contributed by atoms with E-state index in [1.165, 1.54) is 0 Å². The van der Waals surface area contributed by atoms with E-state index in [-0.39, 0.29) is 11.9 Å². The van der Waals surface area contributed by atoms with E-state index in [2.05, 4.69) is 6.92 Å². The largest absolute Gasteiger partial charge is 0.392 e. The lowest BCUT2D eigenvalue weighted by atomic mass is 9.80. The summed E-state index contributed by atoms with van der Waals surface area (Å²) in [6, 6.07) is 0.151. The van der Waals surface area contributed by atoms with Crippen molar-refractivity contribution in [1.82, 2.24) is 4.90 Å². The second-order valence-electron chi connectivity index (χ2n) is 4.79. The normalized spacial score (nSPS) is 20.8. The first-order valence-electron chi connectivity index (χ1n) is 6.72. The molecule has 0 saturated carbocycles. The SMILES string of the molecule is CCC1COCCN1C(=O)C(CC)(CC)C(N)=S. The number of nitrogens with two attached hydrogens (primary N) is 1. The Bertz CT molecular complexity index is 316. The Morgan fingerprint density at radius 1 is 1.44 bits per heavy atom. The van der Waals surface area contributed by atoms with Crippen LogP contribution in [0.2, 0.25) is 0 Å². The van der Waals surface area contributed by atoms with Crippen LogP contribution in [-0.4, -0.2) is 41.6 Å². The summed E-state index contributed by atoms with van der Waals surface area (Å²) in [6.45, 7) is 7.87. The minimum absolute atomic E-state index is 0.0788. The van der Waals surface area contributed by atoms with Crippen molar-refractivity contribution >= 4 is 23.1 Å². The van der Waals surface area contributed by atoms with E-state index in [0.29, 0.717) is 37.6 Å². The fourth-order valence-electron chi connectivity index (χ4n) is 2.54. The smallest absolute Gasteiger partial charge is 0.236 e. The predicted octanol–water partition coefficient (Wildman–Crippen LogP) is 1.72. The van der Waals surface area contributed by atoms with Crippen molar-refractivity contribution in [1.29, 1.82) is 0 Å². The van der Waals surface area contributed by atoms with Gasteiger partial charge in [-0.25, -0.2) is 0 Å². The highest BCUT2D eigenvalue weighted by Crippen LogP contribution is 2.31. The fourth-order valence-corrected chi connectivity index (χ4v) is 2.92. The monoisotopic (exact) mass is 272 g/mol. The summed E-state index contributed by atoms with van der Waals surface area (Å²) < 4.78 is 5.44. The summed E-state index contributed by atoms with van der Waals surface area (Å²) in [5.41, 5.74) is 5.16. The van der Waals surface area contributed by atoms with Crippen LogP contribution in [0.4, 0.5) is 0 Å². The number of thiocarbonyl (C=S) groups is 1. The molecule has 1 atom stereocenters. The van der Waals surface area contributed by atoms with Crippen molar-refractivity contribution < 1.29 is 9.53 Å². The molecule has 1 rings (SSSR count). The highest BCUT2D eigenvalue weighted by Gasteiger charge is 2.43. The molecule has 0 spiro atoms. The maximum absolute atomic E-state index is 12.8. The van der Waals surface area contributed by atoms with Gasteiger partial charge < -0.3 is 15.4 Å². The molecule has 1 unspecified atom stereocenters. The van der Waals surface area contributed by atoms with E-state index < -0.39 is 5.41 Å². The molecule has 5 heteroatoms. The Labute approximate surface area is 115 Å². The zero-order valence-electron chi connectivity index (χ0n) is 11.6. The average molecular weight is 272 g/mol. The number of carbonyl (C=O) groups excluding carboxylic acids is 1. The van der Waals surface area contributed by atoms with Crippen molar-refractivity contribution in [3.8, 4) is 0 Å². The summed E-state index contributed by atoms with van der Waals surface area (Å²) in [7, 11) is 0. The van der Waals surface area contributed by atoms with Crippen LogP contribution in [0.3, 0.4) is 0 Å². The Morgan fingerprint density at radius 2 is 2.06 bits per heavy atom. The molecule has 0 aromatic heterocycles. The molecule has 1 aliphatic heterocycles. The van der Waals surface area contributed by atoms with E-state index in [0.717, 1.165) is 6.42 Å². The first-order chi connectivity index (χ1) is 8.53. The standard InChI is InChI=1S/C13H24N2O2S/c1-4-10-9-17-8-7-15(10)12(16)13(5-2,6-3)11(14)18/h10H,4-9H2,1-3H3,(H2,14,18). The zero-order valence-corrected chi connectivity index (χ0v) is 12.4. The van der Waals surface area contributed by atoms with Crippen LogP contribution >= 0.6 is 12.2 Å². The Hall–Kier alpha value is -0.680. The first-order valence-corrected chi connectivity index (χ1v) is 7.13. The number of carbonyl (C=O) groups is 1. The number of morpholine rings is 1. The quantitative estimate of drug-likeness (QED) is 0.774. The topological polar surface area (TPSA) is 55.6 Å². The van der Waals surface area contributed by atoms with Crippen LogP contribution < -0.4 is 5.73 Å². The molecule has 104 valence electrons. The predicted molar refractivity (Wildman–Crippen MR) is 76.4 cm³/mol. The van der Waals surface area contributed by atoms with Gasteiger partial charge in [-0.05, 0) is 19.3 Å². The van der Waals surface area contributed by atoms with E-state index in [1.54, 1.807) is 0 Å². The molecule has 1 fully saturated rings. The molecule has 2 N–H and O–H groups in total. The van der Waals surface area contributed by atoms with Crippen molar-refractivity contribution in [3.63, 3.8) is 0 Å². The number of amides is 1. The lowest BCUT2D eigenvalue weighted by Gasteiger charge is -2.41. The Kier molecular flexibility index (Phi) is 5.53. The van der Waals surface area contributed by atoms with Crippen LogP contribution in [0.15, 0.2) is 0 Å². The third kappa shape index (κ3) is 2.67. The minimum Gasteiger partial charge on any atom is -0.392 e. The molecule has 0 aromatic carbocycles. The third-order valence-corrected chi connectivity index (χ3v) is 4.44. The van der Waals surface area contributed by atoms with Crippen LogP contribution in [0, 0.1) is 5.41 Å². The number of rotatable bonds is 5. The van der Waals surface area contributed by atoms with Gasteiger partial charge in [-0.2, -0.15) is 0 Å². The van der Waals surface area contributed by atoms with Crippen LogP contribution in [0.1, 0.15) is 40.0 Å². The molecule has 18 heavy (non-hydrogen) atoms. The van der Waals surface area contributed by atoms with Gasteiger partial charge in [-0.1, -0.05) is 33.0 Å². The second kappa shape index (κ2) is 6.48. The molecule has 0 aliphatic carbocycles. The van der Waals surface area contributed by atoms with E-state index in [1.807, 2.05) is 18.7 Å². The molecule has 0 bridgehead atoms. The molecular weight excluding hydrogens is 248 g/mol. The number of nitrogens with zero attached hydrogens (tertiary/aromatic N) is 1. The fraction of sp³-hybridized carbons (Fsp3) is 0.846. The Morgan fingerprint density at radius 3 is 2.50 bits per heavy atom. The van der Waals surface area contributed by atoms with Gasteiger partial charge in [-0.3, -0.25) is 4.79 Å². The van der Waals surface area contributed by atoms with E-state index in [9.17, 15) is 4.79 Å². The lowest BCUT2D eigenvalue weighted by molar-refractivity contribution is -0.147. The van der Waals surface area contributed by atoms with Crippen LogP contribution in [-0.2, 0) is 9.53 Å².